The highest BCUT2D eigenvalue weighted by Gasteiger charge is 2.14. The van der Waals surface area contributed by atoms with Crippen molar-refractivity contribution < 1.29 is 4.79 Å². The van der Waals surface area contributed by atoms with Crippen molar-refractivity contribution in [1.82, 2.24) is 5.32 Å². The predicted octanol–water partition coefficient (Wildman–Crippen LogP) is 3.80. The molecule has 0 saturated heterocycles. The molecule has 0 fully saturated rings. The number of amides is 1. The van der Waals surface area contributed by atoms with E-state index in [1.54, 1.807) is 36.6 Å². The number of rotatable bonds is 5. The van der Waals surface area contributed by atoms with Crippen molar-refractivity contribution in [2.24, 2.45) is 0 Å². The third-order valence-corrected chi connectivity index (χ3v) is 4.09. The standard InChI is InChI=1S/C15H17ClN2OS/c1-10(8-12-4-3-7-20-12)18-15(19)13-9-11(16)5-6-14(13)17-2/h3-7,9-10,17H,8H2,1-2H3,(H,18,19). The van der Waals surface area contributed by atoms with Crippen molar-refractivity contribution in [1.29, 1.82) is 0 Å². The molecule has 1 amide bonds. The van der Waals surface area contributed by atoms with Crippen LogP contribution in [0.1, 0.15) is 22.2 Å². The predicted molar refractivity (Wildman–Crippen MR) is 85.9 cm³/mol. The number of hydrogen-bond donors (Lipinski definition) is 2. The molecule has 1 heterocycles. The molecule has 0 aliphatic heterocycles. The number of hydrogen-bond acceptors (Lipinski definition) is 3. The third kappa shape index (κ3) is 3.74. The molecule has 2 rings (SSSR count). The van der Waals surface area contributed by atoms with E-state index in [4.69, 9.17) is 11.6 Å². The fraction of sp³-hybridized carbons (Fsp3) is 0.267. The molecule has 2 N–H and O–H groups in total. The fourth-order valence-electron chi connectivity index (χ4n) is 2.01. The average Bonchev–Trinajstić information content (AvgIpc) is 2.91. The number of thiophene rings is 1. The molecule has 1 atom stereocenters. The van der Waals surface area contributed by atoms with Gasteiger partial charge in [0.2, 0.25) is 0 Å². The Bertz CT molecular complexity index is 584. The topological polar surface area (TPSA) is 41.1 Å². The number of carbonyl (C=O) groups is 1. The number of nitrogens with one attached hydrogen (secondary N) is 2. The first-order valence-corrected chi connectivity index (χ1v) is 7.66. The molecule has 1 aromatic carbocycles. The zero-order chi connectivity index (χ0) is 14.5. The van der Waals surface area contributed by atoms with Gasteiger partial charge >= 0.3 is 0 Å². The van der Waals surface area contributed by atoms with Gasteiger partial charge in [0.15, 0.2) is 0 Å². The SMILES string of the molecule is CNc1ccc(Cl)cc1C(=O)NC(C)Cc1cccs1. The van der Waals surface area contributed by atoms with Gasteiger partial charge in [0.1, 0.15) is 0 Å². The summed E-state index contributed by atoms with van der Waals surface area (Å²) in [6.07, 6.45) is 0.832. The van der Waals surface area contributed by atoms with Gasteiger partial charge in [0.05, 0.1) is 5.56 Å². The van der Waals surface area contributed by atoms with Gasteiger partial charge in [-0.05, 0) is 36.6 Å². The van der Waals surface area contributed by atoms with Crippen molar-refractivity contribution >= 4 is 34.5 Å². The maximum Gasteiger partial charge on any atom is 0.253 e. The quantitative estimate of drug-likeness (QED) is 0.882. The molecule has 1 unspecified atom stereocenters. The van der Waals surface area contributed by atoms with Crippen LogP contribution in [0, 0.1) is 0 Å². The summed E-state index contributed by atoms with van der Waals surface area (Å²) in [5.74, 6) is -0.110. The molecular formula is C15H17ClN2OS. The number of benzene rings is 1. The van der Waals surface area contributed by atoms with E-state index < -0.39 is 0 Å². The summed E-state index contributed by atoms with van der Waals surface area (Å²) < 4.78 is 0. The molecular weight excluding hydrogens is 292 g/mol. The van der Waals surface area contributed by atoms with E-state index in [9.17, 15) is 4.79 Å². The van der Waals surface area contributed by atoms with Crippen LogP contribution in [-0.4, -0.2) is 19.0 Å². The fourth-order valence-corrected chi connectivity index (χ4v) is 3.01. The van der Waals surface area contributed by atoms with Crippen LogP contribution in [0.3, 0.4) is 0 Å². The lowest BCUT2D eigenvalue weighted by atomic mass is 10.1. The van der Waals surface area contributed by atoms with E-state index in [0.29, 0.717) is 10.6 Å². The Morgan fingerprint density at radius 3 is 2.85 bits per heavy atom. The summed E-state index contributed by atoms with van der Waals surface area (Å²) in [6.45, 7) is 2.00. The van der Waals surface area contributed by atoms with Crippen LogP contribution < -0.4 is 10.6 Å². The zero-order valence-corrected chi connectivity index (χ0v) is 13.0. The molecule has 0 bridgehead atoms. The van der Waals surface area contributed by atoms with Gasteiger partial charge in [-0.2, -0.15) is 0 Å². The maximum atomic E-state index is 12.3. The lowest BCUT2D eigenvalue weighted by molar-refractivity contribution is 0.0941. The normalized spacial score (nSPS) is 11.9. The lowest BCUT2D eigenvalue weighted by Crippen LogP contribution is -2.34. The van der Waals surface area contributed by atoms with Crippen LogP contribution >= 0.6 is 22.9 Å². The van der Waals surface area contributed by atoms with Crippen molar-refractivity contribution in [2.45, 2.75) is 19.4 Å². The van der Waals surface area contributed by atoms with Crippen molar-refractivity contribution in [3.05, 3.63) is 51.2 Å². The minimum Gasteiger partial charge on any atom is -0.387 e. The van der Waals surface area contributed by atoms with Gasteiger partial charge in [0.25, 0.3) is 5.91 Å². The molecule has 20 heavy (non-hydrogen) atoms. The maximum absolute atomic E-state index is 12.3. The largest absolute Gasteiger partial charge is 0.387 e. The van der Waals surface area contributed by atoms with Crippen LogP contribution in [0.4, 0.5) is 5.69 Å². The van der Waals surface area contributed by atoms with Crippen LogP contribution in [0.25, 0.3) is 0 Å². The summed E-state index contributed by atoms with van der Waals surface area (Å²) in [6, 6.07) is 9.42. The molecule has 0 saturated carbocycles. The van der Waals surface area contributed by atoms with Gasteiger partial charge in [-0.3, -0.25) is 4.79 Å². The summed E-state index contributed by atoms with van der Waals surface area (Å²) in [7, 11) is 1.79. The Morgan fingerprint density at radius 1 is 1.40 bits per heavy atom. The van der Waals surface area contributed by atoms with Crippen LogP contribution in [0.15, 0.2) is 35.7 Å². The van der Waals surface area contributed by atoms with Gasteiger partial charge in [-0.25, -0.2) is 0 Å². The second-order valence-electron chi connectivity index (χ2n) is 4.60. The highest BCUT2D eigenvalue weighted by molar-refractivity contribution is 7.09. The van der Waals surface area contributed by atoms with Crippen LogP contribution in [-0.2, 0) is 6.42 Å². The minimum absolute atomic E-state index is 0.0739. The first kappa shape index (κ1) is 14.9. The van der Waals surface area contributed by atoms with Gasteiger partial charge in [-0.15, -0.1) is 11.3 Å². The smallest absolute Gasteiger partial charge is 0.253 e. The number of anilines is 1. The number of halogens is 1. The molecule has 0 aliphatic rings. The first-order valence-electron chi connectivity index (χ1n) is 6.40. The highest BCUT2D eigenvalue weighted by atomic mass is 35.5. The van der Waals surface area contributed by atoms with E-state index in [2.05, 4.69) is 16.7 Å². The molecule has 1 aromatic heterocycles. The minimum atomic E-state index is -0.110. The number of carbonyl (C=O) groups excluding carboxylic acids is 1. The Kier molecular flexibility index (Phi) is 5.04. The van der Waals surface area contributed by atoms with Crippen LogP contribution in [0.2, 0.25) is 5.02 Å². The lowest BCUT2D eigenvalue weighted by Gasteiger charge is -2.15. The van der Waals surface area contributed by atoms with Gasteiger partial charge < -0.3 is 10.6 Å². The van der Waals surface area contributed by atoms with Gasteiger partial charge in [-0.1, -0.05) is 17.7 Å². The monoisotopic (exact) mass is 308 g/mol. The Labute approximate surface area is 128 Å². The molecule has 3 nitrogen and oxygen atoms in total. The highest BCUT2D eigenvalue weighted by Crippen LogP contribution is 2.20. The average molecular weight is 309 g/mol. The van der Waals surface area contributed by atoms with E-state index in [1.165, 1.54) is 4.88 Å². The zero-order valence-electron chi connectivity index (χ0n) is 11.4. The van der Waals surface area contributed by atoms with Crippen molar-refractivity contribution in [3.63, 3.8) is 0 Å². The third-order valence-electron chi connectivity index (χ3n) is 2.96. The first-order chi connectivity index (χ1) is 9.60. The Hall–Kier alpha value is -1.52. The van der Waals surface area contributed by atoms with Crippen molar-refractivity contribution in [3.8, 4) is 0 Å². The molecule has 5 heteroatoms. The molecule has 0 spiro atoms. The summed E-state index contributed by atoms with van der Waals surface area (Å²) in [4.78, 5) is 13.6. The molecule has 0 aliphatic carbocycles. The second kappa shape index (κ2) is 6.77. The second-order valence-corrected chi connectivity index (χ2v) is 6.07. The van der Waals surface area contributed by atoms with E-state index in [-0.39, 0.29) is 11.9 Å². The summed E-state index contributed by atoms with van der Waals surface area (Å²) in [5.41, 5.74) is 1.34. The molecule has 2 aromatic rings. The van der Waals surface area contributed by atoms with Crippen LogP contribution in [0.5, 0.6) is 0 Å². The summed E-state index contributed by atoms with van der Waals surface area (Å²) in [5, 5.41) is 8.61. The Balaban J connectivity index is 2.06. The van der Waals surface area contributed by atoms with E-state index in [1.807, 2.05) is 18.4 Å². The summed E-state index contributed by atoms with van der Waals surface area (Å²) >= 11 is 7.66. The van der Waals surface area contributed by atoms with E-state index in [0.717, 1.165) is 12.1 Å². The van der Waals surface area contributed by atoms with Gasteiger partial charge in [0, 0.05) is 35.1 Å². The van der Waals surface area contributed by atoms with E-state index >= 15 is 0 Å². The molecule has 106 valence electrons. The Morgan fingerprint density at radius 2 is 2.20 bits per heavy atom. The molecule has 0 radical (unpaired) electrons. The van der Waals surface area contributed by atoms with Crippen molar-refractivity contribution in [2.75, 3.05) is 12.4 Å².